The Morgan fingerprint density at radius 3 is 2.20 bits per heavy atom. The molecule has 2 bridgehead atoms. The van der Waals surface area contributed by atoms with Crippen molar-refractivity contribution in [1.29, 1.82) is 0 Å². The molecule has 4 atom stereocenters. The summed E-state index contributed by atoms with van der Waals surface area (Å²) in [7, 11) is 0. The number of nitrogens with one attached hydrogen (secondary N) is 1. The highest BCUT2D eigenvalue weighted by atomic mass is 35.5. The third-order valence-electron chi connectivity index (χ3n) is 6.24. The molecule has 1 heterocycles. The largest absolute Gasteiger partial charge is 0.272 e. The maximum atomic E-state index is 12.8. The lowest BCUT2D eigenvalue weighted by molar-refractivity contribution is -0.144. The number of amides is 3. The van der Waals surface area contributed by atoms with Gasteiger partial charge < -0.3 is 0 Å². The van der Waals surface area contributed by atoms with E-state index in [0.29, 0.717) is 5.02 Å². The molecule has 1 aromatic carbocycles. The highest BCUT2D eigenvalue weighted by Gasteiger charge is 2.73. The molecule has 5 rings (SSSR count). The van der Waals surface area contributed by atoms with Gasteiger partial charge in [-0.15, -0.1) is 0 Å². The average molecular weight is 377 g/mol. The minimum atomic E-state index is -0.593. The Hall–Kier alpha value is -1.85. The van der Waals surface area contributed by atoms with Crippen LogP contribution in [-0.2, 0) is 9.59 Å². The standard InChI is InChI=1S/C18H14Cl2N2O3/c19-8-1-2-9(12(20)7-8)15(23)21-22-16(24)13-10-3-4-11(14(13)17(22)25)18(10)5-6-18/h1-4,7,10-11,13-14H,5-6H2,(H,21,23)/t10-,11+,13+,14-. The van der Waals surface area contributed by atoms with Crippen LogP contribution in [0.3, 0.4) is 0 Å². The Morgan fingerprint density at radius 2 is 1.68 bits per heavy atom. The lowest BCUT2D eigenvalue weighted by Crippen LogP contribution is -2.48. The first kappa shape index (κ1) is 15.4. The van der Waals surface area contributed by atoms with Crippen molar-refractivity contribution in [1.82, 2.24) is 10.4 Å². The van der Waals surface area contributed by atoms with Crippen LogP contribution in [0, 0.1) is 29.1 Å². The van der Waals surface area contributed by atoms with Gasteiger partial charge in [-0.05, 0) is 48.3 Å². The molecule has 1 aromatic rings. The molecule has 3 amide bonds. The van der Waals surface area contributed by atoms with Crippen molar-refractivity contribution in [2.24, 2.45) is 29.1 Å². The molecule has 2 saturated carbocycles. The lowest BCUT2D eigenvalue weighted by atomic mass is 9.85. The number of nitrogens with zero attached hydrogens (tertiary/aromatic N) is 1. The Bertz CT molecular complexity index is 843. The van der Waals surface area contributed by atoms with Crippen LogP contribution in [0.5, 0.6) is 0 Å². The van der Waals surface area contributed by atoms with Gasteiger partial charge in [0.2, 0.25) is 0 Å². The molecule has 1 spiro atoms. The Balaban J connectivity index is 1.41. The molecule has 1 N–H and O–H groups in total. The van der Waals surface area contributed by atoms with Crippen LogP contribution in [-0.4, -0.2) is 22.7 Å². The number of benzene rings is 1. The molecule has 0 radical (unpaired) electrons. The van der Waals surface area contributed by atoms with Gasteiger partial charge in [-0.25, -0.2) is 0 Å². The molecular weight excluding hydrogens is 363 g/mol. The van der Waals surface area contributed by atoms with Crippen LogP contribution in [0.4, 0.5) is 0 Å². The summed E-state index contributed by atoms with van der Waals surface area (Å²) in [6.07, 6.45) is 6.34. The number of hydrazine groups is 1. The number of hydrogen-bond donors (Lipinski definition) is 1. The van der Waals surface area contributed by atoms with Crippen molar-refractivity contribution in [3.63, 3.8) is 0 Å². The van der Waals surface area contributed by atoms with Gasteiger partial charge in [0.05, 0.1) is 22.4 Å². The van der Waals surface area contributed by atoms with Crippen LogP contribution in [0.2, 0.25) is 10.0 Å². The van der Waals surface area contributed by atoms with Crippen molar-refractivity contribution in [2.45, 2.75) is 12.8 Å². The molecular formula is C18H14Cl2N2O3. The van der Waals surface area contributed by atoms with Gasteiger partial charge in [-0.1, -0.05) is 35.4 Å². The smallest absolute Gasteiger partial charge is 0.271 e. The molecule has 3 aliphatic carbocycles. The Labute approximate surface area is 153 Å². The zero-order chi connectivity index (χ0) is 17.5. The normalized spacial score (nSPS) is 33.3. The van der Waals surface area contributed by atoms with Gasteiger partial charge in [0, 0.05) is 5.02 Å². The second-order valence-corrected chi connectivity index (χ2v) is 8.14. The van der Waals surface area contributed by atoms with Gasteiger partial charge >= 0.3 is 0 Å². The first-order valence-corrected chi connectivity index (χ1v) is 9.02. The molecule has 25 heavy (non-hydrogen) atoms. The Morgan fingerprint density at radius 1 is 1.08 bits per heavy atom. The third-order valence-corrected chi connectivity index (χ3v) is 6.79. The molecule has 5 nitrogen and oxygen atoms in total. The van der Waals surface area contributed by atoms with E-state index in [1.165, 1.54) is 18.2 Å². The van der Waals surface area contributed by atoms with Crippen LogP contribution < -0.4 is 5.43 Å². The first-order valence-electron chi connectivity index (χ1n) is 8.26. The lowest BCUT2D eigenvalue weighted by Gasteiger charge is -2.22. The zero-order valence-corrected chi connectivity index (χ0v) is 14.6. The van der Waals surface area contributed by atoms with E-state index < -0.39 is 5.91 Å². The van der Waals surface area contributed by atoms with E-state index in [-0.39, 0.29) is 51.5 Å². The first-order chi connectivity index (χ1) is 11.9. The van der Waals surface area contributed by atoms with E-state index in [0.717, 1.165) is 17.9 Å². The third kappa shape index (κ3) is 1.88. The summed E-state index contributed by atoms with van der Waals surface area (Å²) in [5.74, 6) is -1.64. The fourth-order valence-corrected chi connectivity index (χ4v) is 5.52. The number of rotatable bonds is 2. The summed E-state index contributed by atoms with van der Waals surface area (Å²) in [5, 5.41) is 1.47. The number of carbonyl (C=O) groups is 3. The summed E-state index contributed by atoms with van der Waals surface area (Å²) in [6.45, 7) is 0. The summed E-state index contributed by atoms with van der Waals surface area (Å²) < 4.78 is 0. The van der Waals surface area contributed by atoms with Crippen LogP contribution in [0.25, 0.3) is 0 Å². The Kier molecular flexibility index (Phi) is 3.00. The maximum absolute atomic E-state index is 12.8. The van der Waals surface area contributed by atoms with Crippen LogP contribution in [0.1, 0.15) is 23.2 Å². The van der Waals surface area contributed by atoms with E-state index in [1.54, 1.807) is 0 Å². The number of fused-ring (bicyclic) bond motifs is 3. The summed E-state index contributed by atoms with van der Waals surface area (Å²) in [5.41, 5.74) is 2.75. The quantitative estimate of drug-likeness (QED) is 0.637. The predicted octanol–water partition coefficient (Wildman–Crippen LogP) is 2.84. The van der Waals surface area contributed by atoms with Crippen LogP contribution >= 0.6 is 23.2 Å². The van der Waals surface area contributed by atoms with Gasteiger partial charge in [-0.3, -0.25) is 19.8 Å². The van der Waals surface area contributed by atoms with E-state index in [9.17, 15) is 14.4 Å². The van der Waals surface area contributed by atoms with Gasteiger partial charge in [0.1, 0.15) is 0 Å². The second-order valence-electron chi connectivity index (χ2n) is 7.30. The van der Waals surface area contributed by atoms with Crippen molar-refractivity contribution in [3.05, 3.63) is 46.0 Å². The predicted molar refractivity (Wildman–Crippen MR) is 90.5 cm³/mol. The van der Waals surface area contributed by atoms with Crippen molar-refractivity contribution in [2.75, 3.05) is 0 Å². The molecule has 7 heteroatoms. The molecule has 1 saturated heterocycles. The van der Waals surface area contributed by atoms with E-state index >= 15 is 0 Å². The summed E-state index contributed by atoms with van der Waals surface area (Å²) >= 11 is 11.9. The maximum Gasteiger partial charge on any atom is 0.271 e. The highest BCUT2D eigenvalue weighted by molar-refractivity contribution is 6.36. The van der Waals surface area contributed by atoms with Crippen molar-refractivity contribution >= 4 is 40.9 Å². The number of hydrogen-bond acceptors (Lipinski definition) is 3. The topological polar surface area (TPSA) is 66.5 Å². The molecule has 4 aliphatic rings. The molecule has 0 unspecified atom stereocenters. The summed E-state index contributed by atoms with van der Waals surface area (Å²) in [4.78, 5) is 38.1. The molecule has 0 aromatic heterocycles. The minimum Gasteiger partial charge on any atom is -0.272 e. The fourth-order valence-electron chi connectivity index (χ4n) is 5.02. The van der Waals surface area contributed by atoms with Crippen molar-refractivity contribution < 1.29 is 14.4 Å². The molecule has 128 valence electrons. The van der Waals surface area contributed by atoms with E-state index in [2.05, 4.69) is 17.6 Å². The van der Waals surface area contributed by atoms with Crippen molar-refractivity contribution in [3.8, 4) is 0 Å². The number of allylic oxidation sites excluding steroid dienone is 2. The average Bonchev–Trinajstić information content (AvgIpc) is 3.17. The molecule has 1 aliphatic heterocycles. The fraction of sp³-hybridized carbons (Fsp3) is 0.389. The minimum absolute atomic E-state index is 0.125. The zero-order valence-electron chi connectivity index (χ0n) is 13.0. The van der Waals surface area contributed by atoms with Gasteiger partial charge in [0.25, 0.3) is 17.7 Å². The monoisotopic (exact) mass is 376 g/mol. The van der Waals surface area contributed by atoms with Crippen LogP contribution in [0.15, 0.2) is 30.4 Å². The summed E-state index contributed by atoms with van der Waals surface area (Å²) in [6, 6.07) is 4.45. The molecule has 3 fully saturated rings. The SMILES string of the molecule is O=C(NN1C(=O)[C@@H]2[C@H](C1=O)[C@@H]1C=C[C@H]2C12CC2)c1ccc(Cl)cc1Cl. The number of halogens is 2. The number of carbonyl (C=O) groups excluding carboxylic acids is 3. The number of imide groups is 1. The van der Waals surface area contributed by atoms with Gasteiger partial charge in [-0.2, -0.15) is 5.01 Å². The van der Waals surface area contributed by atoms with E-state index in [4.69, 9.17) is 23.2 Å². The van der Waals surface area contributed by atoms with Gasteiger partial charge in [0.15, 0.2) is 0 Å². The second kappa shape index (κ2) is 4.86. The van der Waals surface area contributed by atoms with E-state index in [1.807, 2.05) is 0 Å². The highest BCUT2D eigenvalue weighted by Crippen LogP contribution is 2.73.